The third-order valence-electron chi connectivity index (χ3n) is 4.34. The van der Waals surface area contributed by atoms with Crippen LogP contribution in [-0.4, -0.2) is 55.7 Å². The quantitative estimate of drug-likeness (QED) is 0.125. The average molecular weight is 464 g/mol. The number of anilines is 1. The van der Waals surface area contributed by atoms with Gasteiger partial charge in [0.1, 0.15) is 16.8 Å². The minimum Gasteiger partial charge on any atom is -0.467 e. The second kappa shape index (κ2) is 11.9. The largest absolute Gasteiger partial charge is 0.467 e. The van der Waals surface area contributed by atoms with Gasteiger partial charge in [0.05, 0.1) is 18.9 Å². The summed E-state index contributed by atoms with van der Waals surface area (Å²) in [5.41, 5.74) is 8.47. The highest BCUT2D eigenvalue weighted by molar-refractivity contribution is 7.86. The number of nitrogens with one attached hydrogen (secondary N) is 2. The lowest BCUT2D eigenvalue weighted by molar-refractivity contribution is -0.143. The third-order valence-corrected chi connectivity index (χ3v) is 5.27. The van der Waals surface area contributed by atoms with Gasteiger partial charge in [0.25, 0.3) is 16.0 Å². The number of unbranched alkanes of at least 4 members (excludes halogenated alkanes) is 1. The Bertz CT molecular complexity index is 1060. The van der Waals surface area contributed by atoms with Crippen LogP contribution in [0.5, 0.6) is 0 Å². The minimum atomic E-state index is -4.39. The summed E-state index contributed by atoms with van der Waals surface area (Å²) in [5, 5.41) is 6.52. The van der Waals surface area contributed by atoms with Crippen LogP contribution in [0.4, 0.5) is 5.82 Å². The van der Waals surface area contributed by atoms with Crippen LogP contribution in [0.1, 0.15) is 35.2 Å². The number of carbonyl (C=O) groups is 2. The van der Waals surface area contributed by atoms with E-state index in [9.17, 15) is 22.6 Å². The van der Waals surface area contributed by atoms with Crippen molar-refractivity contribution in [3.05, 3.63) is 53.7 Å². The molecule has 0 saturated heterocycles. The Morgan fingerprint density at radius 1 is 1.25 bits per heavy atom. The number of hydrogen-bond donors (Lipinski definition) is 4. The molecule has 0 radical (unpaired) electrons. The molecule has 0 saturated carbocycles. The molecule has 2 aromatic rings. The number of ether oxygens (including phenoxy) is 1. The van der Waals surface area contributed by atoms with E-state index < -0.39 is 28.0 Å². The predicted octanol–water partition coefficient (Wildman–Crippen LogP) is 1.17. The molecule has 1 unspecified atom stereocenters. The van der Waals surface area contributed by atoms with Gasteiger partial charge in [-0.2, -0.15) is 13.5 Å². The molecule has 5 N–H and O–H groups in total. The maximum absolute atomic E-state index is 12.4. The van der Waals surface area contributed by atoms with Crippen molar-refractivity contribution in [2.75, 3.05) is 19.1 Å². The second-order valence-corrected chi connectivity index (χ2v) is 8.04. The minimum absolute atomic E-state index is 0.182. The lowest BCUT2D eigenvalue weighted by Gasteiger charge is -2.16. The van der Waals surface area contributed by atoms with Crippen LogP contribution in [0.25, 0.3) is 0 Å². The molecule has 1 heterocycles. The number of benzene rings is 1. The van der Waals surface area contributed by atoms with Crippen LogP contribution < -0.4 is 16.5 Å². The number of esters is 1. The molecule has 0 aliphatic heterocycles. The maximum Gasteiger partial charge on any atom is 0.328 e. The van der Waals surface area contributed by atoms with Crippen LogP contribution in [0.15, 0.2) is 52.6 Å². The number of hydrogen-bond acceptors (Lipinski definition) is 9. The molecule has 32 heavy (non-hydrogen) atoms. The highest BCUT2D eigenvalue weighted by Crippen LogP contribution is 2.13. The molecule has 2 rings (SSSR count). The summed E-state index contributed by atoms with van der Waals surface area (Å²) < 4.78 is 36.8. The van der Waals surface area contributed by atoms with Crippen LogP contribution in [0.2, 0.25) is 0 Å². The van der Waals surface area contributed by atoms with Crippen molar-refractivity contribution in [2.45, 2.75) is 30.2 Å². The summed E-state index contributed by atoms with van der Waals surface area (Å²) >= 11 is 0. The molecule has 0 aliphatic rings. The fourth-order valence-electron chi connectivity index (χ4n) is 2.71. The van der Waals surface area contributed by atoms with Gasteiger partial charge in [0.2, 0.25) is 0 Å². The van der Waals surface area contributed by atoms with Crippen molar-refractivity contribution in [1.29, 1.82) is 0 Å². The topological polar surface area (TPSA) is 173 Å². The van der Waals surface area contributed by atoms with E-state index in [2.05, 4.69) is 20.8 Å². The molecule has 1 aromatic heterocycles. The molecule has 1 atom stereocenters. The fourth-order valence-corrected chi connectivity index (χ4v) is 3.38. The summed E-state index contributed by atoms with van der Waals surface area (Å²) in [6, 6.07) is 7.98. The average Bonchev–Trinajstić information content (AvgIpc) is 2.78. The van der Waals surface area contributed by atoms with Crippen molar-refractivity contribution >= 4 is 34.0 Å². The zero-order valence-corrected chi connectivity index (χ0v) is 18.2. The Balaban J connectivity index is 2.01. The summed E-state index contributed by atoms with van der Waals surface area (Å²) in [6.45, 7) is 0.490. The molecule has 11 nitrogen and oxygen atoms in total. The number of methoxy groups -OCH3 is 1. The van der Waals surface area contributed by atoms with Crippen molar-refractivity contribution in [2.24, 2.45) is 10.8 Å². The van der Waals surface area contributed by atoms with E-state index in [1.165, 1.54) is 49.9 Å². The number of carbonyl (C=O) groups excluding carboxylic acids is 2. The van der Waals surface area contributed by atoms with Gasteiger partial charge in [-0.1, -0.05) is 18.2 Å². The smallest absolute Gasteiger partial charge is 0.328 e. The molecule has 0 aliphatic carbocycles. The Kier molecular flexibility index (Phi) is 9.25. The molecular weight excluding hydrogens is 438 g/mol. The number of aromatic nitrogens is 1. The molecule has 0 bridgehead atoms. The van der Waals surface area contributed by atoms with Gasteiger partial charge in [-0.15, -0.1) is 0 Å². The zero-order chi connectivity index (χ0) is 23.6. The summed E-state index contributed by atoms with van der Waals surface area (Å²) in [4.78, 5) is 28.1. The van der Waals surface area contributed by atoms with E-state index in [1.807, 2.05) is 0 Å². The first-order valence-corrected chi connectivity index (χ1v) is 11.1. The van der Waals surface area contributed by atoms with Gasteiger partial charge in [0.15, 0.2) is 0 Å². The fraction of sp³-hybridized carbons (Fsp3) is 0.300. The van der Waals surface area contributed by atoms with Gasteiger partial charge < -0.3 is 15.8 Å². The van der Waals surface area contributed by atoms with E-state index in [0.717, 1.165) is 6.42 Å². The van der Waals surface area contributed by atoms with Crippen LogP contribution in [-0.2, 0) is 19.6 Å². The van der Waals surface area contributed by atoms with Gasteiger partial charge >= 0.3 is 5.97 Å². The number of pyridine rings is 1. The summed E-state index contributed by atoms with van der Waals surface area (Å²) in [6.07, 6.45) is 4.31. The highest BCUT2D eigenvalue weighted by Gasteiger charge is 2.21. The highest BCUT2D eigenvalue weighted by atomic mass is 32.2. The maximum atomic E-state index is 12.4. The van der Waals surface area contributed by atoms with Crippen molar-refractivity contribution in [1.82, 2.24) is 10.3 Å². The molecule has 12 heteroatoms. The molecule has 172 valence electrons. The van der Waals surface area contributed by atoms with Crippen LogP contribution >= 0.6 is 0 Å². The Morgan fingerprint density at radius 3 is 2.62 bits per heavy atom. The lowest BCUT2D eigenvalue weighted by Crippen LogP contribution is -2.41. The van der Waals surface area contributed by atoms with Gasteiger partial charge in [-0.05, 0) is 44.0 Å². The first kappa shape index (κ1) is 24.9. The van der Waals surface area contributed by atoms with Crippen LogP contribution in [0, 0.1) is 0 Å². The first-order valence-electron chi connectivity index (χ1n) is 9.66. The van der Waals surface area contributed by atoms with E-state index in [1.54, 1.807) is 6.07 Å². The summed E-state index contributed by atoms with van der Waals surface area (Å²) in [7, 11) is -3.14. The Morgan fingerprint density at radius 2 is 2.00 bits per heavy atom. The second-order valence-electron chi connectivity index (χ2n) is 6.65. The van der Waals surface area contributed by atoms with Crippen molar-refractivity contribution in [3.8, 4) is 0 Å². The zero-order valence-electron chi connectivity index (χ0n) is 17.4. The van der Waals surface area contributed by atoms with E-state index in [-0.39, 0.29) is 21.8 Å². The molecule has 0 fully saturated rings. The number of amides is 1. The predicted molar refractivity (Wildman–Crippen MR) is 118 cm³/mol. The van der Waals surface area contributed by atoms with Crippen molar-refractivity contribution < 1.29 is 27.3 Å². The Labute approximate surface area is 185 Å². The van der Waals surface area contributed by atoms with E-state index >= 15 is 0 Å². The lowest BCUT2D eigenvalue weighted by atomic mass is 10.1. The Hall–Kier alpha value is -3.35. The number of nitrogens with two attached hydrogens (primary N) is 1. The normalized spacial score (nSPS) is 12.3. The molecular formula is C20H25N5O6S. The van der Waals surface area contributed by atoms with Gasteiger partial charge in [-0.25, -0.2) is 9.78 Å². The first-order chi connectivity index (χ1) is 15.3. The SMILES string of the molecule is COC(=O)C(CCCCN)NC(=O)c1ccc(N/N=C/c2ccccc2S(=O)(=O)O)nc1. The van der Waals surface area contributed by atoms with E-state index in [0.29, 0.717) is 19.4 Å². The summed E-state index contributed by atoms with van der Waals surface area (Å²) in [5.74, 6) is -0.742. The van der Waals surface area contributed by atoms with Crippen molar-refractivity contribution in [3.63, 3.8) is 0 Å². The van der Waals surface area contributed by atoms with Gasteiger partial charge in [-0.3, -0.25) is 14.8 Å². The standard InChI is InChI=1S/C20H25N5O6S/c1-31-20(27)16(7-4-5-11-21)24-19(26)15-9-10-18(22-12-15)25-23-13-14-6-2-3-8-17(14)32(28,29)30/h2-3,6,8-10,12-13,16H,4-5,7,11,21H2,1H3,(H,22,25)(H,24,26)(H,28,29,30)/b23-13+. The number of hydrazone groups is 1. The number of rotatable bonds is 11. The third kappa shape index (κ3) is 7.41. The van der Waals surface area contributed by atoms with Crippen LogP contribution in [0.3, 0.4) is 0 Å². The van der Waals surface area contributed by atoms with Gasteiger partial charge in [0, 0.05) is 11.8 Å². The molecule has 1 aromatic carbocycles. The molecule has 1 amide bonds. The number of nitrogens with zero attached hydrogens (tertiary/aromatic N) is 2. The molecule has 0 spiro atoms. The monoisotopic (exact) mass is 463 g/mol. The van der Waals surface area contributed by atoms with E-state index in [4.69, 9.17) is 10.5 Å².